The predicted octanol–water partition coefficient (Wildman–Crippen LogP) is 4.29. The lowest BCUT2D eigenvalue weighted by Gasteiger charge is -2.23. The highest BCUT2D eigenvalue weighted by atomic mass is 16.2. The van der Waals surface area contributed by atoms with Gasteiger partial charge in [0.2, 0.25) is 5.91 Å². The Kier molecular flexibility index (Phi) is 6.65. The highest BCUT2D eigenvalue weighted by Crippen LogP contribution is 2.23. The number of carbonyl (C=O) groups is 2. The molecule has 0 bridgehead atoms. The maximum atomic E-state index is 12.6. The van der Waals surface area contributed by atoms with E-state index in [2.05, 4.69) is 50.4 Å². The van der Waals surface area contributed by atoms with E-state index in [1.807, 2.05) is 48.9 Å². The molecule has 2 amide bonds. The molecule has 0 unspecified atom stereocenters. The lowest BCUT2D eigenvalue weighted by Crippen LogP contribution is -2.27. The fourth-order valence-corrected chi connectivity index (χ4v) is 2.72. The Morgan fingerprint density at radius 3 is 2.14 bits per heavy atom. The Morgan fingerprint density at radius 2 is 1.68 bits per heavy atom. The number of anilines is 1. The summed E-state index contributed by atoms with van der Waals surface area (Å²) in [5, 5.41) is 10.3. The molecule has 1 heterocycles. The van der Waals surface area contributed by atoms with Gasteiger partial charge in [0.05, 0.1) is 5.54 Å². The fourth-order valence-electron chi connectivity index (χ4n) is 2.72. The molecule has 0 fully saturated rings. The summed E-state index contributed by atoms with van der Waals surface area (Å²) in [6, 6.07) is 9.34. The molecule has 0 radical (unpaired) electrons. The maximum absolute atomic E-state index is 12.6. The number of rotatable bonds is 6. The zero-order valence-corrected chi connectivity index (χ0v) is 18.0. The second kappa shape index (κ2) is 8.59. The molecule has 0 aliphatic carbocycles. The van der Waals surface area contributed by atoms with Crippen LogP contribution in [0.4, 0.5) is 5.69 Å². The first kappa shape index (κ1) is 21.7. The summed E-state index contributed by atoms with van der Waals surface area (Å²) in [6.45, 7) is 14.5. The van der Waals surface area contributed by atoms with Crippen LogP contribution in [0.15, 0.2) is 30.3 Å². The second-order valence-electron chi connectivity index (χ2n) is 8.72. The maximum Gasteiger partial charge on any atom is 0.272 e. The lowest BCUT2D eigenvalue weighted by atomic mass is 10.1. The van der Waals surface area contributed by atoms with Crippen molar-refractivity contribution in [2.24, 2.45) is 5.92 Å². The van der Waals surface area contributed by atoms with Gasteiger partial charge in [-0.05, 0) is 50.5 Å². The Bertz CT molecular complexity index is 827. The van der Waals surface area contributed by atoms with Gasteiger partial charge in [-0.2, -0.15) is 5.10 Å². The number of nitrogens with one attached hydrogen (secondary N) is 2. The summed E-state index contributed by atoms with van der Waals surface area (Å²) in [4.78, 5) is 24.3. The van der Waals surface area contributed by atoms with Gasteiger partial charge in [0, 0.05) is 23.8 Å². The van der Waals surface area contributed by atoms with E-state index in [1.54, 1.807) is 0 Å². The Morgan fingerprint density at radius 1 is 1.07 bits per heavy atom. The molecule has 0 saturated heterocycles. The molecule has 28 heavy (non-hydrogen) atoms. The topological polar surface area (TPSA) is 76.0 Å². The normalized spacial score (nSPS) is 11.8. The third kappa shape index (κ3) is 5.44. The van der Waals surface area contributed by atoms with E-state index in [9.17, 15) is 9.59 Å². The summed E-state index contributed by atoms with van der Waals surface area (Å²) in [5.74, 6) is 0.00278. The Labute approximate surface area is 167 Å². The van der Waals surface area contributed by atoms with Crippen LogP contribution in [0.1, 0.15) is 76.1 Å². The van der Waals surface area contributed by atoms with E-state index in [-0.39, 0.29) is 29.2 Å². The van der Waals surface area contributed by atoms with Crippen molar-refractivity contribution >= 4 is 17.5 Å². The van der Waals surface area contributed by atoms with Crippen LogP contribution in [0, 0.1) is 5.92 Å². The van der Waals surface area contributed by atoms with E-state index < -0.39 is 0 Å². The average Bonchev–Trinajstić information content (AvgIpc) is 3.07. The number of nitrogens with zero attached hydrogens (tertiary/aromatic N) is 2. The first-order valence-electron chi connectivity index (χ1n) is 9.77. The molecular formula is C22H32N4O2. The Balaban J connectivity index is 2.03. The summed E-state index contributed by atoms with van der Waals surface area (Å²) in [5.41, 5.74) is 2.99. The van der Waals surface area contributed by atoms with E-state index in [0.29, 0.717) is 12.2 Å². The van der Waals surface area contributed by atoms with Crippen molar-refractivity contribution in [3.8, 4) is 0 Å². The standard InChI is InChI=1S/C22H32N4O2/c1-14(2)19-12-18(25-26(19)22(5,6)7)21(28)23-13-16-8-10-17(11-9-16)24-20(27)15(3)4/h8-12,14-15H,13H2,1-7H3,(H,23,28)(H,24,27). The largest absolute Gasteiger partial charge is 0.347 e. The quantitative estimate of drug-likeness (QED) is 0.780. The van der Waals surface area contributed by atoms with E-state index >= 15 is 0 Å². The molecule has 2 N–H and O–H groups in total. The second-order valence-corrected chi connectivity index (χ2v) is 8.72. The molecule has 152 valence electrons. The van der Waals surface area contributed by atoms with Crippen molar-refractivity contribution in [2.45, 2.75) is 66.5 Å². The molecular weight excluding hydrogens is 352 g/mol. The van der Waals surface area contributed by atoms with E-state index in [4.69, 9.17) is 0 Å². The SMILES string of the molecule is CC(C)C(=O)Nc1ccc(CNC(=O)c2cc(C(C)C)n(C(C)(C)C)n2)cc1. The molecule has 2 aromatic rings. The number of aromatic nitrogens is 2. The van der Waals surface area contributed by atoms with Gasteiger partial charge in [0.1, 0.15) is 5.69 Å². The molecule has 1 aromatic heterocycles. The van der Waals surface area contributed by atoms with Gasteiger partial charge >= 0.3 is 0 Å². The van der Waals surface area contributed by atoms with Gasteiger partial charge in [0.15, 0.2) is 0 Å². The third-order valence-corrected chi connectivity index (χ3v) is 4.40. The average molecular weight is 385 g/mol. The van der Waals surface area contributed by atoms with Gasteiger partial charge in [0.25, 0.3) is 5.91 Å². The minimum atomic E-state index is -0.193. The van der Waals surface area contributed by atoms with Gasteiger partial charge in [-0.3, -0.25) is 14.3 Å². The number of hydrogen-bond acceptors (Lipinski definition) is 3. The molecule has 0 aliphatic heterocycles. The monoisotopic (exact) mass is 384 g/mol. The summed E-state index contributed by atoms with van der Waals surface area (Å²) in [7, 11) is 0. The van der Waals surface area contributed by atoms with E-state index in [1.165, 1.54) is 0 Å². The molecule has 6 heteroatoms. The van der Waals surface area contributed by atoms with Crippen molar-refractivity contribution in [2.75, 3.05) is 5.32 Å². The van der Waals surface area contributed by atoms with Gasteiger partial charge < -0.3 is 10.6 Å². The highest BCUT2D eigenvalue weighted by Gasteiger charge is 2.23. The van der Waals surface area contributed by atoms with Crippen molar-refractivity contribution in [3.63, 3.8) is 0 Å². The molecule has 0 aliphatic rings. The van der Waals surface area contributed by atoms with Crippen molar-refractivity contribution < 1.29 is 9.59 Å². The lowest BCUT2D eigenvalue weighted by molar-refractivity contribution is -0.118. The van der Waals surface area contributed by atoms with Crippen molar-refractivity contribution in [1.82, 2.24) is 15.1 Å². The van der Waals surface area contributed by atoms with Crippen LogP contribution in [0.5, 0.6) is 0 Å². The number of amides is 2. The van der Waals surface area contributed by atoms with Gasteiger partial charge in [-0.25, -0.2) is 0 Å². The van der Waals surface area contributed by atoms with E-state index in [0.717, 1.165) is 16.9 Å². The summed E-state index contributed by atoms with van der Waals surface area (Å²) in [6.07, 6.45) is 0. The van der Waals surface area contributed by atoms with Gasteiger partial charge in [-0.15, -0.1) is 0 Å². The molecule has 0 atom stereocenters. The van der Waals surface area contributed by atoms with Crippen LogP contribution in [0.25, 0.3) is 0 Å². The van der Waals surface area contributed by atoms with Crippen molar-refractivity contribution in [1.29, 1.82) is 0 Å². The van der Waals surface area contributed by atoms with Crippen LogP contribution < -0.4 is 10.6 Å². The van der Waals surface area contributed by atoms with Crippen LogP contribution in [0.3, 0.4) is 0 Å². The molecule has 0 saturated carbocycles. The number of benzene rings is 1. The molecule has 6 nitrogen and oxygen atoms in total. The molecule has 0 spiro atoms. The van der Waals surface area contributed by atoms with Crippen LogP contribution in [-0.4, -0.2) is 21.6 Å². The molecule has 1 aromatic carbocycles. The highest BCUT2D eigenvalue weighted by molar-refractivity contribution is 5.93. The summed E-state index contributed by atoms with van der Waals surface area (Å²) < 4.78 is 1.93. The zero-order valence-electron chi connectivity index (χ0n) is 18.0. The van der Waals surface area contributed by atoms with Crippen LogP contribution in [-0.2, 0) is 16.9 Å². The smallest absolute Gasteiger partial charge is 0.272 e. The van der Waals surface area contributed by atoms with Gasteiger partial charge in [-0.1, -0.05) is 39.8 Å². The first-order chi connectivity index (χ1) is 13.0. The first-order valence-corrected chi connectivity index (χ1v) is 9.77. The Hall–Kier alpha value is -2.63. The summed E-state index contributed by atoms with van der Waals surface area (Å²) >= 11 is 0. The third-order valence-electron chi connectivity index (χ3n) is 4.40. The van der Waals surface area contributed by atoms with Crippen molar-refractivity contribution in [3.05, 3.63) is 47.3 Å². The number of hydrogen-bond donors (Lipinski definition) is 2. The minimum Gasteiger partial charge on any atom is -0.347 e. The molecule has 2 rings (SSSR count). The van der Waals surface area contributed by atoms with Crippen LogP contribution >= 0.6 is 0 Å². The number of carbonyl (C=O) groups excluding carboxylic acids is 2. The minimum absolute atomic E-state index is 0.0172. The van der Waals surface area contributed by atoms with Crippen LogP contribution in [0.2, 0.25) is 0 Å². The fraction of sp³-hybridized carbons (Fsp3) is 0.500. The predicted molar refractivity (Wildman–Crippen MR) is 112 cm³/mol. The zero-order chi connectivity index (χ0) is 21.1.